The number of likely N-dealkylation sites (tertiary alicyclic amines) is 1. The monoisotopic (exact) mass is 189 g/mol. The van der Waals surface area contributed by atoms with Crippen molar-refractivity contribution in [1.82, 2.24) is 4.90 Å². The predicted octanol–water partition coefficient (Wildman–Crippen LogP) is 1.19. The number of thioether (sulfide) groups is 1. The van der Waals surface area contributed by atoms with E-state index in [1.165, 1.54) is 6.42 Å². The second-order valence-electron chi connectivity index (χ2n) is 4.04. The first-order valence-corrected chi connectivity index (χ1v) is 5.90. The Hall–Kier alpha value is 0.270. The van der Waals surface area contributed by atoms with Crippen molar-refractivity contribution >= 4 is 11.8 Å². The second kappa shape index (κ2) is 3.99. The molecule has 0 amide bonds. The molecule has 1 fully saturated rings. The van der Waals surface area contributed by atoms with Gasteiger partial charge < -0.3 is 5.11 Å². The van der Waals surface area contributed by atoms with Crippen LogP contribution in [0.15, 0.2) is 0 Å². The van der Waals surface area contributed by atoms with E-state index in [1.807, 2.05) is 13.2 Å². The minimum absolute atomic E-state index is 0.506. The molecule has 1 heterocycles. The molecule has 2 unspecified atom stereocenters. The van der Waals surface area contributed by atoms with E-state index >= 15 is 0 Å². The Balaban J connectivity index is 2.28. The summed E-state index contributed by atoms with van der Waals surface area (Å²) in [6, 6.07) is 0.679. The normalized spacial score (nSPS) is 29.5. The Bertz CT molecular complexity index is 149. The highest BCUT2D eigenvalue weighted by Crippen LogP contribution is 2.21. The molecule has 2 atom stereocenters. The van der Waals surface area contributed by atoms with Crippen LogP contribution in [-0.2, 0) is 0 Å². The zero-order valence-electron chi connectivity index (χ0n) is 8.21. The Labute approximate surface area is 79.3 Å². The van der Waals surface area contributed by atoms with Crippen molar-refractivity contribution in [2.24, 2.45) is 0 Å². The van der Waals surface area contributed by atoms with Gasteiger partial charge in [0.05, 0.1) is 5.60 Å². The minimum Gasteiger partial charge on any atom is -0.388 e. The smallest absolute Gasteiger partial charge is 0.0835 e. The number of hydrogen-bond donors (Lipinski definition) is 1. The Morgan fingerprint density at radius 1 is 1.67 bits per heavy atom. The Kier molecular flexibility index (Phi) is 3.44. The van der Waals surface area contributed by atoms with Crippen LogP contribution in [0.5, 0.6) is 0 Å². The SMILES string of the molecule is CSCC(C)(O)CN1CCC1C. The van der Waals surface area contributed by atoms with Gasteiger partial charge in [-0.1, -0.05) is 0 Å². The standard InChI is InChI=1S/C9H19NOS/c1-8-4-5-10(8)6-9(2,11)7-12-3/h8,11H,4-7H2,1-3H3. The molecule has 0 aromatic heterocycles. The van der Waals surface area contributed by atoms with Gasteiger partial charge in [-0.25, -0.2) is 0 Å². The van der Waals surface area contributed by atoms with E-state index in [9.17, 15) is 5.11 Å². The molecule has 0 aliphatic carbocycles. The lowest BCUT2D eigenvalue weighted by Gasteiger charge is -2.42. The van der Waals surface area contributed by atoms with Crippen molar-refractivity contribution in [1.29, 1.82) is 0 Å². The first-order valence-electron chi connectivity index (χ1n) is 4.50. The van der Waals surface area contributed by atoms with Crippen LogP contribution >= 0.6 is 11.8 Å². The summed E-state index contributed by atoms with van der Waals surface area (Å²) in [4.78, 5) is 2.34. The van der Waals surface area contributed by atoms with E-state index < -0.39 is 5.60 Å². The maximum atomic E-state index is 9.91. The van der Waals surface area contributed by atoms with Crippen LogP contribution in [0.3, 0.4) is 0 Å². The fraction of sp³-hybridized carbons (Fsp3) is 1.00. The molecule has 3 heteroatoms. The number of rotatable bonds is 4. The maximum absolute atomic E-state index is 9.91. The lowest BCUT2D eigenvalue weighted by atomic mass is 10.0. The molecular weight excluding hydrogens is 170 g/mol. The summed E-state index contributed by atoms with van der Waals surface area (Å²) >= 11 is 1.71. The summed E-state index contributed by atoms with van der Waals surface area (Å²) in [5.74, 6) is 0.830. The van der Waals surface area contributed by atoms with E-state index in [0.29, 0.717) is 6.04 Å². The lowest BCUT2D eigenvalue weighted by molar-refractivity contribution is -0.00644. The van der Waals surface area contributed by atoms with Gasteiger partial charge in [0.2, 0.25) is 0 Å². The fourth-order valence-electron chi connectivity index (χ4n) is 1.60. The summed E-state index contributed by atoms with van der Waals surface area (Å²) in [5.41, 5.74) is -0.506. The molecule has 0 radical (unpaired) electrons. The molecular formula is C9H19NOS. The molecule has 1 saturated heterocycles. The largest absolute Gasteiger partial charge is 0.388 e. The molecule has 12 heavy (non-hydrogen) atoms. The fourth-order valence-corrected chi connectivity index (χ4v) is 2.31. The second-order valence-corrected chi connectivity index (χ2v) is 4.90. The molecule has 72 valence electrons. The van der Waals surface area contributed by atoms with Crippen LogP contribution in [0.4, 0.5) is 0 Å². The zero-order chi connectivity index (χ0) is 9.19. The highest BCUT2D eigenvalue weighted by Gasteiger charge is 2.30. The number of hydrogen-bond acceptors (Lipinski definition) is 3. The van der Waals surface area contributed by atoms with Gasteiger partial charge in [0.25, 0.3) is 0 Å². The van der Waals surface area contributed by atoms with Gasteiger partial charge in [0, 0.05) is 24.9 Å². The van der Waals surface area contributed by atoms with Gasteiger partial charge in [-0.15, -0.1) is 0 Å². The van der Waals surface area contributed by atoms with E-state index in [2.05, 4.69) is 11.8 Å². The van der Waals surface area contributed by atoms with E-state index in [4.69, 9.17) is 0 Å². The van der Waals surface area contributed by atoms with Crippen LogP contribution in [0.1, 0.15) is 20.3 Å². The van der Waals surface area contributed by atoms with Gasteiger partial charge in [0.15, 0.2) is 0 Å². The average Bonchev–Trinajstić information content (AvgIpc) is 1.98. The molecule has 1 rings (SSSR count). The minimum atomic E-state index is -0.506. The number of aliphatic hydroxyl groups is 1. The van der Waals surface area contributed by atoms with Gasteiger partial charge in [0.1, 0.15) is 0 Å². The van der Waals surface area contributed by atoms with Crippen molar-refractivity contribution in [3.05, 3.63) is 0 Å². The average molecular weight is 189 g/mol. The summed E-state index contributed by atoms with van der Waals surface area (Å²) in [6.45, 7) is 6.13. The van der Waals surface area contributed by atoms with E-state index in [-0.39, 0.29) is 0 Å². The van der Waals surface area contributed by atoms with Crippen LogP contribution in [0, 0.1) is 0 Å². The lowest BCUT2D eigenvalue weighted by Crippen LogP contribution is -2.53. The van der Waals surface area contributed by atoms with Gasteiger partial charge in [-0.3, -0.25) is 4.90 Å². The topological polar surface area (TPSA) is 23.5 Å². The third kappa shape index (κ3) is 2.64. The molecule has 1 N–H and O–H groups in total. The highest BCUT2D eigenvalue weighted by atomic mass is 32.2. The van der Waals surface area contributed by atoms with Gasteiger partial charge in [-0.05, 0) is 26.5 Å². The predicted molar refractivity (Wildman–Crippen MR) is 54.7 cm³/mol. The maximum Gasteiger partial charge on any atom is 0.0835 e. The summed E-state index contributed by atoms with van der Waals surface area (Å²) < 4.78 is 0. The van der Waals surface area contributed by atoms with Crippen LogP contribution < -0.4 is 0 Å². The summed E-state index contributed by atoms with van der Waals surface area (Å²) in [5, 5.41) is 9.91. The van der Waals surface area contributed by atoms with Crippen LogP contribution in [-0.4, -0.2) is 46.7 Å². The van der Waals surface area contributed by atoms with Crippen LogP contribution in [0.25, 0.3) is 0 Å². The highest BCUT2D eigenvalue weighted by molar-refractivity contribution is 7.98. The molecule has 0 aromatic carbocycles. The van der Waals surface area contributed by atoms with Crippen molar-refractivity contribution < 1.29 is 5.11 Å². The molecule has 1 aliphatic rings. The summed E-state index contributed by atoms with van der Waals surface area (Å²) in [7, 11) is 0. The molecule has 2 nitrogen and oxygen atoms in total. The number of β-amino-alcohol motifs (C(OH)–C–C–N with tert-alkyl or cyclic N) is 1. The number of nitrogens with zero attached hydrogens (tertiary/aromatic N) is 1. The van der Waals surface area contributed by atoms with Crippen LogP contribution in [0.2, 0.25) is 0 Å². The van der Waals surface area contributed by atoms with Gasteiger partial charge in [-0.2, -0.15) is 11.8 Å². The van der Waals surface area contributed by atoms with Crippen molar-refractivity contribution in [2.45, 2.75) is 31.9 Å². The van der Waals surface area contributed by atoms with Crippen molar-refractivity contribution in [2.75, 3.05) is 25.1 Å². The van der Waals surface area contributed by atoms with E-state index in [1.54, 1.807) is 11.8 Å². The molecule has 0 bridgehead atoms. The Morgan fingerprint density at radius 2 is 2.33 bits per heavy atom. The molecule has 0 spiro atoms. The third-order valence-corrected chi connectivity index (χ3v) is 3.37. The third-order valence-electron chi connectivity index (χ3n) is 2.46. The first-order chi connectivity index (χ1) is 5.55. The quantitative estimate of drug-likeness (QED) is 0.719. The molecule has 0 aromatic rings. The first kappa shape index (κ1) is 10.4. The van der Waals surface area contributed by atoms with Crippen molar-refractivity contribution in [3.8, 4) is 0 Å². The molecule has 1 aliphatic heterocycles. The van der Waals surface area contributed by atoms with E-state index in [0.717, 1.165) is 18.8 Å². The summed E-state index contributed by atoms with van der Waals surface area (Å²) in [6.07, 6.45) is 3.32. The van der Waals surface area contributed by atoms with Gasteiger partial charge >= 0.3 is 0 Å². The molecule has 0 saturated carbocycles. The van der Waals surface area contributed by atoms with Crippen molar-refractivity contribution in [3.63, 3.8) is 0 Å². The zero-order valence-corrected chi connectivity index (χ0v) is 9.02. The Morgan fingerprint density at radius 3 is 2.67 bits per heavy atom.